The van der Waals surface area contributed by atoms with Gasteiger partial charge in [0.05, 0.1) is 5.01 Å². The first-order valence-electron chi connectivity index (χ1n) is 5.33. The molecule has 2 N–H and O–H groups in total. The van der Waals surface area contributed by atoms with Crippen LogP contribution < -0.4 is 10.6 Å². The van der Waals surface area contributed by atoms with Gasteiger partial charge in [-0.05, 0) is 6.92 Å². The van der Waals surface area contributed by atoms with E-state index in [2.05, 4.69) is 25.6 Å². The maximum Gasteiger partial charge on any atom is 0.421 e. The summed E-state index contributed by atoms with van der Waals surface area (Å²) in [4.78, 5) is 11.4. The smallest absolute Gasteiger partial charge is 0.372 e. The molecular weight excluding hydrogens is 315 g/mol. The second-order valence-corrected chi connectivity index (χ2v) is 5.24. The van der Waals surface area contributed by atoms with Crippen molar-refractivity contribution in [3.8, 4) is 0 Å². The Labute approximate surface area is 121 Å². The zero-order valence-electron chi connectivity index (χ0n) is 10.3. The highest BCUT2D eigenvalue weighted by Crippen LogP contribution is 2.35. The Balaban J connectivity index is 2.33. The number of nitrogens with zero attached hydrogens (tertiary/aromatic N) is 3. The molecule has 0 aliphatic rings. The van der Waals surface area contributed by atoms with E-state index in [0.717, 1.165) is 5.01 Å². The van der Waals surface area contributed by atoms with E-state index < -0.39 is 11.7 Å². The van der Waals surface area contributed by atoms with E-state index in [4.69, 9.17) is 11.6 Å². The van der Waals surface area contributed by atoms with E-state index in [9.17, 15) is 13.2 Å². The van der Waals surface area contributed by atoms with Crippen molar-refractivity contribution in [1.29, 1.82) is 0 Å². The third-order valence-electron chi connectivity index (χ3n) is 2.25. The third kappa shape index (κ3) is 3.10. The summed E-state index contributed by atoms with van der Waals surface area (Å²) in [7, 11) is 1.35. The highest BCUT2D eigenvalue weighted by atomic mass is 35.5. The van der Waals surface area contributed by atoms with Crippen LogP contribution in [0.25, 0.3) is 0 Å². The average molecular weight is 324 g/mol. The van der Waals surface area contributed by atoms with Crippen LogP contribution in [0.15, 0.2) is 6.20 Å². The van der Waals surface area contributed by atoms with E-state index in [1.165, 1.54) is 18.4 Å². The molecule has 0 bridgehead atoms. The van der Waals surface area contributed by atoms with Gasteiger partial charge in [-0.2, -0.15) is 18.2 Å². The largest absolute Gasteiger partial charge is 0.421 e. The Morgan fingerprint density at radius 1 is 1.30 bits per heavy atom. The number of aryl methyl sites for hydroxylation is 1. The first kappa shape index (κ1) is 14.8. The molecule has 2 aromatic rings. The van der Waals surface area contributed by atoms with Crippen LogP contribution >= 0.6 is 22.9 Å². The van der Waals surface area contributed by atoms with Gasteiger partial charge < -0.3 is 10.6 Å². The van der Waals surface area contributed by atoms with Gasteiger partial charge in [0.1, 0.15) is 16.4 Å². The van der Waals surface area contributed by atoms with Crippen molar-refractivity contribution < 1.29 is 13.2 Å². The number of aromatic nitrogens is 3. The van der Waals surface area contributed by atoms with Gasteiger partial charge in [0, 0.05) is 13.2 Å². The van der Waals surface area contributed by atoms with Gasteiger partial charge in [-0.15, -0.1) is 11.3 Å². The number of alkyl halides is 3. The van der Waals surface area contributed by atoms with Gasteiger partial charge in [0.2, 0.25) is 5.95 Å². The van der Waals surface area contributed by atoms with Crippen molar-refractivity contribution in [2.45, 2.75) is 13.1 Å². The van der Waals surface area contributed by atoms with Crippen molar-refractivity contribution in [3.63, 3.8) is 0 Å². The summed E-state index contributed by atoms with van der Waals surface area (Å²) in [5, 5.41) is 6.56. The van der Waals surface area contributed by atoms with E-state index in [1.807, 2.05) is 0 Å². The number of thiazole rings is 1. The van der Waals surface area contributed by atoms with Crippen molar-refractivity contribution in [2.24, 2.45) is 0 Å². The van der Waals surface area contributed by atoms with Gasteiger partial charge in [-0.3, -0.25) is 0 Å². The Hall–Kier alpha value is -1.61. The lowest BCUT2D eigenvalue weighted by molar-refractivity contribution is -0.137. The van der Waals surface area contributed by atoms with Gasteiger partial charge in [0.25, 0.3) is 0 Å². The predicted molar refractivity (Wildman–Crippen MR) is 71.7 cm³/mol. The lowest BCUT2D eigenvalue weighted by atomic mass is 10.3. The number of halogens is 4. The number of hydrogen-bond acceptors (Lipinski definition) is 6. The topological polar surface area (TPSA) is 62.7 Å². The highest BCUT2D eigenvalue weighted by molar-refractivity contribution is 7.16. The molecule has 0 aliphatic carbocycles. The van der Waals surface area contributed by atoms with E-state index in [-0.39, 0.29) is 16.9 Å². The van der Waals surface area contributed by atoms with Crippen molar-refractivity contribution in [2.75, 3.05) is 17.7 Å². The molecule has 0 saturated heterocycles. The van der Waals surface area contributed by atoms with Gasteiger partial charge in [-0.25, -0.2) is 9.97 Å². The maximum atomic E-state index is 12.7. The number of anilines is 3. The van der Waals surface area contributed by atoms with Crippen LogP contribution in [0.1, 0.15) is 10.6 Å². The number of hydrogen-bond donors (Lipinski definition) is 2. The molecule has 0 unspecified atom stereocenters. The molecule has 5 nitrogen and oxygen atoms in total. The minimum Gasteiger partial charge on any atom is -0.372 e. The molecule has 0 radical (unpaired) electrons. The summed E-state index contributed by atoms with van der Waals surface area (Å²) in [5.41, 5.74) is -0.933. The second-order valence-electron chi connectivity index (χ2n) is 3.68. The highest BCUT2D eigenvalue weighted by Gasteiger charge is 2.35. The minimum absolute atomic E-state index is 0.00731. The molecule has 0 atom stereocenters. The molecule has 2 heterocycles. The molecule has 2 rings (SSSR count). The van der Waals surface area contributed by atoms with E-state index >= 15 is 0 Å². The zero-order valence-corrected chi connectivity index (χ0v) is 11.9. The summed E-state index contributed by atoms with van der Waals surface area (Å²) < 4.78 is 38.1. The van der Waals surface area contributed by atoms with Gasteiger partial charge >= 0.3 is 6.18 Å². The summed E-state index contributed by atoms with van der Waals surface area (Å²) in [6, 6.07) is 0. The van der Waals surface area contributed by atoms with Crippen LogP contribution in [-0.2, 0) is 6.18 Å². The second kappa shape index (κ2) is 5.41. The Morgan fingerprint density at radius 3 is 2.50 bits per heavy atom. The van der Waals surface area contributed by atoms with Crippen LogP contribution in [0, 0.1) is 6.92 Å². The lowest BCUT2D eigenvalue weighted by Crippen LogP contribution is -2.12. The molecule has 0 aliphatic heterocycles. The Kier molecular flexibility index (Phi) is 4.00. The van der Waals surface area contributed by atoms with Crippen molar-refractivity contribution in [3.05, 3.63) is 21.9 Å². The molecule has 0 saturated carbocycles. The van der Waals surface area contributed by atoms with Crippen LogP contribution in [0.3, 0.4) is 0 Å². The van der Waals surface area contributed by atoms with Crippen LogP contribution in [0.2, 0.25) is 5.15 Å². The SMILES string of the molecule is CNc1nc(Nc2sc(C)nc2Cl)ncc1C(F)(F)F. The average Bonchev–Trinajstić information content (AvgIpc) is 2.66. The van der Waals surface area contributed by atoms with Gasteiger partial charge in [0.15, 0.2) is 5.15 Å². The Morgan fingerprint density at radius 2 is 2.00 bits per heavy atom. The molecule has 0 spiro atoms. The molecule has 0 amide bonds. The maximum absolute atomic E-state index is 12.7. The monoisotopic (exact) mass is 323 g/mol. The summed E-state index contributed by atoms with van der Waals surface area (Å²) >= 11 is 7.11. The third-order valence-corrected chi connectivity index (χ3v) is 3.52. The lowest BCUT2D eigenvalue weighted by Gasteiger charge is -2.12. The molecular formula is C10H9ClF3N5S. The molecule has 108 valence electrons. The first-order valence-corrected chi connectivity index (χ1v) is 6.52. The fourth-order valence-corrected chi connectivity index (χ4v) is 2.46. The minimum atomic E-state index is -4.52. The number of rotatable bonds is 3. The predicted octanol–water partition coefficient (Wildman–Crippen LogP) is 3.70. The van der Waals surface area contributed by atoms with Gasteiger partial charge in [-0.1, -0.05) is 11.6 Å². The fourth-order valence-electron chi connectivity index (χ4n) is 1.42. The van der Waals surface area contributed by atoms with Crippen molar-refractivity contribution in [1.82, 2.24) is 15.0 Å². The molecule has 10 heteroatoms. The zero-order chi connectivity index (χ0) is 14.9. The van der Waals surface area contributed by atoms with E-state index in [1.54, 1.807) is 6.92 Å². The number of nitrogens with one attached hydrogen (secondary N) is 2. The Bertz CT molecular complexity index is 628. The first-order chi connectivity index (χ1) is 9.31. The summed E-state index contributed by atoms with van der Waals surface area (Å²) in [6.07, 6.45) is -3.81. The molecule has 20 heavy (non-hydrogen) atoms. The fraction of sp³-hybridized carbons (Fsp3) is 0.300. The standard InChI is InChI=1S/C10H9ClF3N5S/c1-4-17-6(11)8(20-4)19-9-16-3-5(10(12,13)14)7(15-2)18-9/h3H,1-2H3,(H2,15,16,18,19). The van der Waals surface area contributed by atoms with Crippen LogP contribution in [0.4, 0.5) is 29.9 Å². The van der Waals surface area contributed by atoms with Crippen LogP contribution in [0.5, 0.6) is 0 Å². The van der Waals surface area contributed by atoms with Crippen LogP contribution in [-0.4, -0.2) is 22.0 Å². The van der Waals surface area contributed by atoms with E-state index in [0.29, 0.717) is 11.2 Å². The quantitative estimate of drug-likeness (QED) is 0.901. The molecule has 0 fully saturated rings. The summed E-state index contributed by atoms with van der Waals surface area (Å²) in [5.74, 6) is -0.305. The molecule has 0 aromatic carbocycles. The van der Waals surface area contributed by atoms with Crippen molar-refractivity contribution >= 4 is 39.7 Å². The molecule has 2 aromatic heterocycles. The normalized spacial score (nSPS) is 11.5. The summed E-state index contributed by atoms with van der Waals surface area (Å²) in [6.45, 7) is 1.76.